The van der Waals surface area contributed by atoms with Crippen LogP contribution in [0.4, 0.5) is 11.4 Å². The first-order valence-corrected chi connectivity index (χ1v) is 41.5. The summed E-state index contributed by atoms with van der Waals surface area (Å²) in [4.78, 5) is 91.0. The Bertz CT molecular complexity index is 4240. The number of anilines is 2. The van der Waals surface area contributed by atoms with Gasteiger partial charge in [-0.05, 0) is 233 Å². The molecular formula is C81H110I2N9O15S2+. The van der Waals surface area contributed by atoms with Crippen LogP contribution in [-0.2, 0) is 58.2 Å². The number of carbonyl (C=O) groups excluding carboxylic acids is 7. The summed E-state index contributed by atoms with van der Waals surface area (Å²) in [6.45, 7) is 7.04. The van der Waals surface area contributed by atoms with Crippen LogP contribution < -0.4 is 45.9 Å². The van der Waals surface area contributed by atoms with Crippen LogP contribution in [0.25, 0.3) is 11.1 Å². The van der Waals surface area contributed by atoms with Crippen LogP contribution in [0.1, 0.15) is 131 Å². The lowest BCUT2D eigenvalue weighted by atomic mass is 9.89. The van der Waals surface area contributed by atoms with Gasteiger partial charge in [-0.3, -0.25) is 42.3 Å². The molecule has 2 aliphatic rings. The number of unbranched alkanes of at least 4 members (excludes halogenated alkanes) is 1. The fraction of sp³-hybridized carbons (Fsp3) is 0.432. The van der Waals surface area contributed by atoms with E-state index >= 15 is 0 Å². The normalized spacial score (nSPS) is 12.9. The zero-order valence-electron chi connectivity index (χ0n) is 63.9. The lowest BCUT2D eigenvalue weighted by molar-refractivity contribution is -0.462. The summed E-state index contributed by atoms with van der Waals surface area (Å²) >= 11 is 4.68. The van der Waals surface area contributed by atoms with Crippen LogP contribution in [0.5, 0.6) is 11.5 Å². The SMILES string of the molecule is C.C=S(=O)([O-])CCCC(=O)CCC(=O)NCCCCC(NC(=O)CCC(=O)NCCS(=O)(=O)O)C(=O)NCCNC(=O)CCCOc1c(C)cc(C(=C2C=CC(=[N+](C)C)C=C2)c2ccc(N(C)C)cc2)cc1C.CCOC(=O)CCCOc1c(I)cc(C(=C2C=CC(=[N+](C)C)C=C2)c2ccc(N(C)C)cc2)cc1I. The van der Waals surface area contributed by atoms with Gasteiger partial charge in [0.1, 0.15) is 51.5 Å². The molecule has 28 heteroatoms. The summed E-state index contributed by atoms with van der Waals surface area (Å²) in [5, 5.41) is 13.1. The molecule has 109 heavy (non-hydrogen) atoms. The Morgan fingerprint density at radius 3 is 1.45 bits per heavy atom. The van der Waals surface area contributed by atoms with Gasteiger partial charge in [-0.1, -0.05) is 47.4 Å². The molecule has 4 aromatic rings. The molecule has 2 atom stereocenters. The minimum Gasteiger partial charge on any atom is -0.778 e. The van der Waals surface area contributed by atoms with Gasteiger partial charge in [-0.15, -0.1) is 0 Å². The van der Waals surface area contributed by atoms with E-state index in [1.54, 1.807) is 0 Å². The molecule has 0 saturated heterocycles. The fourth-order valence-electron chi connectivity index (χ4n) is 11.3. The van der Waals surface area contributed by atoms with Crippen LogP contribution >= 0.6 is 45.2 Å². The van der Waals surface area contributed by atoms with E-state index < -0.39 is 49.4 Å². The van der Waals surface area contributed by atoms with Crippen LogP contribution in [0.15, 0.2) is 133 Å². The summed E-state index contributed by atoms with van der Waals surface area (Å²) in [5.41, 5.74) is 15.4. The van der Waals surface area contributed by atoms with Crippen LogP contribution in [-0.4, -0.2) is 209 Å². The predicted octanol–water partition coefficient (Wildman–Crippen LogP) is 9.89. The number of allylic oxidation sites excluding steroid dienone is 10. The Kier molecular flexibility index (Phi) is 40.2. The standard InChI is InChI=1S/C51H73N7O12S2.C29H33I2N2O3.CH4/c1-36-34-40(49(38-15-19-41(20-16-38)57(3)4)39-17-21-42(22-18-39)58(5)6)35-37(2)50(36)70-31-10-14-45(60)53-28-29-55-51(64)44(56-48(63)26-25-47(62)54-30-33-72(67,68)69)13-8-9-27-52-46(61)24-23-43(59)12-11-32-71(7,65)66;1-6-35-27(34)8-7-17-36-29-25(30)18-22(19-26(29)31)28(20-9-13-23(14-10-20)32(2)3)21-11-15-24(16-12-21)33(4)5;/h15-22,34-35,44H,7-14,23-33H2,1-6H3,(H6-,52,53,54,55,56,60,61,62,63,64,65,66,67,68,69);9-16,18-19H,6-8,17H2,1-5H3;1H4/q;+1;. The van der Waals surface area contributed by atoms with Gasteiger partial charge >= 0.3 is 5.97 Å². The van der Waals surface area contributed by atoms with Crippen molar-refractivity contribution in [3.63, 3.8) is 0 Å². The zero-order chi connectivity index (χ0) is 79.7. The van der Waals surface area contributed by atoms with Crippen molar-refractivity contribution in [1.29, 1.82) is 0 Å². The number of ketones is 1. The van der Waals surface area contributed by atoms with E-state index in [-0.39, 0.29) is 114 Å². The molecule has 0 fully saturated rings. The Hall–Kier alpha value is -8.30. The van der Waals surface area contributed by atoms with Crippen molar-refractivity contribution in [3.8, 4) is 11.5 Å². The van der Waals surface area contributed by atoms with Crippen LogP contribution in [0.2, 0.25) is 0 Å². The van der Waals surface area contributed by atoms with E-state index in [1.165, 1.54) is 5.57 Å². The van der Waals surface area contributed by atoms with Gasteiger partial charge in [-0.2, -0.15) is 8.42 Å². The molecule has 5 amide bonds. The van der Waals surface area contributed by atoms with Gasteiger partial charge in [-0.25, -0.2) is 9.15 Å². The van der Waals surface area contributed by atoms with Crippen LogP contribution in [0.3, 0.4) is 0 Å². The Labute approximate surface area is 672 Å². The number of Topliss-reactive ketones (excluding diaryl/α,β-unsaturated/α-hetero) is 1. The minimum absolute atomic E-state index is 0. The minimum atomic E-state index is -4.29. The predicted molar refractivity (Wildman–Crippen MR) is 453 cm³/mol. The van der Waals surface area contributed by atoms with Gasteiger partial charge in [0.2, 0.25) is 29.5 Å². The molecule has 4 aromatic carbocycles. The Balaban J connectivity index is 0.000000565. The van der Waals surface area contributed by atoms with Crippen molar-refractivity contribution in [1.82, 2.24) is 26.6 Å². The second kappa shape index (κ2) is 47.0. The van der Waals surface area contributed by atoms with E-state index in [9.17, 15) is 50.7 Å². The number of nitrogens with one attached hydrogen (secondary N) is 5. The first-order valence-electron chi connectivity index (χ1n) is 35.9. The number of esters is 1. The lowest BCUT2D eigenvalue weighted by Gasteiger charge is -2.19. The molecule has 594 valence electrons. The monoisotopic (exact) mass is 1770 g/mol. The molecule has 2 unspecified atom stereocenters. The molecule has 0 saturated carbocycles. The van der Waals surface area contributed by atoms with Crippen molar-refractivity contribution >= 4 is 146 Å². The van der Waals surface area contributed by atoms with Crippen molar-refractivity contribution in [3.05, 3.63) is 173 Å². The maximum absolute atomic E-state index is 13.3. The number of benzene rings is 4. The largest absolute Gasteiger partial charge is 0.778 e. The molecule has 0 heterocycles. The summed E-state index contributed by atoms with van der Waals surface area (Å²) in [5.74, 6) is 0.894. The number of amides is 5. The average Bonchev–Trinajstić information content (AvgIpc) is 0.794. The number of ether oxygens (including phenoxy) is 3. The maximum atomic E-state index is 13.3. The van der Waals surface area contributed by atoms with Gasteiger partial charge in [0.05, 0.1) is 32.7 Å². The number of aryl methyl sites for hydroxylation is 2. The van der Waals surface area contributed by atoms with Crippen molar-refractivity contribution in [2.45, 2.75) is 118 Å². The number of carbonyl (C=O) groups is 7. The molecule has 0 aliphatic heterocycles. The lowest BCUT2D eigenvalue weighted by Crippen LogP contribution is -2.48. The number of halogens is 2. The number of nitrogens with zero attached hydrogens (tertiary/aromatic N) is 4. The molecule has 0 bridgehead atoms. The first-order chi connectivity index (χ1) is 51.1. The average molecular weight is 1770 g/mol. The second-order valence-electron chi connectivity index (χ2n) is 26.8. The third-order valence-corrected chi connectivity index (χ3v) is 20.3. The highest BCUT2D eigenvalue weighted by atomic mass is 127. The van der Waals surface area contributed by atoms with E-state index in [0.29, 0.717) is 51.9 Å². The summed E-state index contributed by atoms with van der Waals surface area (Å²) < 4.78 is 76.6. The molecule has 24 nitrogen and oxygen atoms in total. The van der Waals surface area contributed by atoms with E-state index in [4.69, 9.17) is 18.8 Å². The molecule has 6 N–H and O–H groups in total. The Morgan fingerprint density at radius 1 is 0.532 bits per heavy atom. The van der Waals surface area contributed by atoms with E-state index in [0.717, 1.165) is 91.5 Å². The molecule has 0 aromatic heterocycles. The summed E-state index contributed by atoms with van der Waals surface area (Å²) in [6.07, 6.45) is 19.1. The second-order valence-corrected chi connectivity index (χ2v) is 32.6. The highest BCUT2D eigenvalue weighted by molar-refractivity contribution is 14.1. The number of hydrogen-bond donors (Lipinski definition) is 6. The third kappa shape index (κ3) is 33.8. The van der Waals surface area contributed by atoms with Crippen molar-refractivity contribution in [2.75, 3.05) is 124 Å². The van der Waals surface area contributed by atoms with Gasteiger partial charge in [0, 0.05) is 141 Å². The zero-order valence-corrected chi connectivity index (χ0v) is 69.9. The highest BCUT2D eigenvalue weighted by Gasteiger charge is 2.24. The molecule has 6 rings (SSSR count). The molecule has 0 radical (unpaired) electrons. The summed E-state index contributed by atoms with van der Waals surface area (Å²) in [6, 6.07) is 24.7. The van der Waals surface area contributed by atoms with Gasteiger partial charge in [0.25, 0.3) is 10.1 Å². The smallest absolute Gasteiger partial charge is 0.305 e. The van der Waals surface area contributed by atoms with E-state index in [1.807, 2.05) is 49.0 Å². The van der Waals surface area contributed by atoms with Crippen molar-refractivity contribution < 1.29 is 78.7 Å². The van der Waals surface area contributed by atoms with E-state index in [2.05, 4.69) is 246 Å². The van der Waals surface area contributed by atoms with Gasteiger partial charge in [0.15, 0.2) is 11.4 Å². The highest BCUT2D eigenvalue weighted by Crippen LogP contribution is 2.38. The van der Waals surface area contributed by atoms with Gasteiger partial charge < -0.3 is 55.1 Å². The Morgan fingerprint density at radius 2 is 0.972 bits per heavy atom. The fourth-order valence-corrected chi connectivity index (χ4v) is 14.4. The third-order valence-electron chi connectivity index (χ3n) is 17.0. The number of hydrogen-bond acceptors (Lipinski definition) is 16. The summed E-state index contributed by atoms with van der Waals surface area (Å²) in [7, 11) is 8.54. The van der Waals surface area contributed by atoms with Crippen molar-refractivity contribution in [2.24, 2.45) is 0 Å². The molecule has 0 spiro atoms. The number of rotatable bonds is 40. The maximum Gasteiger partial charge on any atom is 0.305 e. The topological polar surface area (TPSA) is 314 Å². The quantitative estimate of drug-likeness (QED) is 0.00602. The molecule has 2 aliphatic carbocycles. The molecular weight excluding hydrogens is 1660 g/mol. The van der Waals surface area contributed by atoms with Crippen LogP contribution in [0, 0.1) is 21.0 Å². The first kappa shape index (κ1) is 93.1.